The molecular weight excluding hydrogens is 258 g/mol. The van der Waals surface area contributed by atoms with Gasteiger partial charge in [-0.2, -0.15) is 0 Å². The van der Waals surface area contributed by atoms with Crippen molar-refractivity contribution < 1.29 is 19.4 Å². The quantitative estimate of drug-likeness (QED) is 0.816. The SMILES string of the molecule is Cc1cccc(Cl)c1OCC(=O)CC(N)C(=O)O. The Hall–Kier alpha value is -1.59. The van der Waals surface area contributed by atoms with Crippen LogP contribution in [0.15, 0.2) is 18.2 Å². The lowest BCUT2D eigenvalue weighted by Crippen LogP contribution is -2.33. The zero-order valence-electron chi connectivity index (χ0n) is 9.85. The summed E-state index contributed by atoms with van der Waals surface area (Å²) in [5, 5.41) is 8.97. The smallest absolute Gasteiger partial charge is 0.320 e. The van der Waals surface area contributed by atoms with Gasteiger partial charge in [0.2, 0.25) is 0 Å². The molecule has 0 saturated heterocycles. The minimum Gasteiger partial charge on any atom is -0.484 e. The van der Waals surface area contributed by atoms with Crippen LogP contribution in [-0.2, 0) is 9.59 Å². The van der Waals surface area contributed by atoms with E-state index in [9.17, 15) is 9.59 Å². The van der Waals surface area contributed by atoms with Gasteiger partial charge in [0, 0.05) is 6.42 Å². The first-order valence-electron chi connectivity index (χ1n) is 5.30. The molecule has 0 amide bonds. The molecule has 1 aromatic rings. The molecule has 0 saturated carbocycles. The molecule has 0 spiro atoms. The molecule has 0 radical (unpaired) electrons. The fourth-order valence-corrected chi connectivity index (χ4v) is 1.62. The average molecular weight is 272 g/mol. The van der Waals surface area contributed by atoms with E-state index < -0.39 is 12.0 Å². The van der Waals surface area contributed by atoms with Crippen molar-refractivity contribution in [2.75, 3.05) is 6.61 Å². The van der Waals surface area contributed by atoms with Gasteiger partial charge in [0.25, 0.3) is 0 Å². The standard InChI is InChI=1S/C12H14ClNO4/c1-7-3-2-4-9(13)11(7)18-6-8(15)5-10(14)12(16)17/h2-4,10H,5-6,14H2,1H3,(H,16,17). The molecule has 6 heteroatoms. The van der Waals surface area contributed by atoms with Gasteiger partial charge < -0.3 is 15.6 Å². The second kappa shape index (κ2) is 6.37. The molecule has 0 bridgehead atoms. The number of benzene rings is 1. The van der Waals surface area contributed by atoms with Crippen LogP contribution < -0.4 is 10.5 Å². The van der Waals surface area contributed by atoms with E-state index in [-0.39, 0.29) is 18.8 Å². The number of hydrogen-bond donors (Lipinski definition) is 2. The van der Waals surface area contributed by atoms with E-state index in [2.05, 4.69) is 0 Å². The van der Waals surface area contributed by atoms with Crippen molar-refractivity contribution in [3.05, 3.63) is 28.8 Å². The van der Waals surface area contributed by atoms with E-state index in [0.29, 0.717) is 10.8 Å². The summed E-state index contributed by atoms with van der Waals surface area (Å²) in [6, 6.07) is 4.02. The predicted octanol–water partition coefficient (Wildman–Crippen LogP) is 1.40. The molecule has 1 atom stereocenters. The Morgan fingerprint density at radius 1 is 1.50 bits per heavy atom. The Bertz CT molecular complexity index is 441. The van der Waals surface area contributed by atoms with Gasteiger partial charge in [0.1, 0.15) is 18.4 Å². The van der Waals surface area contributed by atoms with Crippen molar-refractivity contribution in [1.29, 1.82) is 0 Å². The molecule has 0 aliphatic heterocycles. The molecule has 1 aromatic carbocycles. The molecule has 5 nitrogen and oxygen atoms in total. The third kappa shape index (κ3) is 4.01. The molecule has 1 rings (SSSR count). The lowest BCUT2D eigenvalue weighted by atomic mass is 10.1. The fraction of sp³-hybridized carbons (Fsp3) is 0.333. The van der Waals surface area contributed by atoms with Crippen LogP contribution in [0.4, 0.5) is 0 Å². The number of nitrogens with two attached hydrogens (primary N) is 1. The first kappa shape index (κ1) is 14.5. The number of ketones is 1. The Kier molecular flexibility index (Phi) is 5.12. The maximum Gasteiger partial charge on any atom is 0.320 e. The summed E-state index contributed by atoms with van der Waals surface area (Å²) in [6.45, 7) is 1.56. The number of carbonyl (C=O) groups excluding carboxylic acids is 1. The average Bonchev–Trinajstić information content (AvgIpc) is 2.28. The molecule has 0 aliphatic carbocycles. The number of Topliss-reactive ketones (excluding diaryl/α,β-unsaturated/α-hetero) is 1. The highest BCUT2D eigenvalue weighted by molar-refractivity contribution is 6.32. The Morgan fingerprint density at radius 2 is 2.17 bits per heavy atom. The van der Waals surface area contributed by atoms with Gasteiger partial charge in [0.15, 0.2) is 5.78 Å². The maximum atomic E-state index is 11.4. The lowest BCUT2D eigenvalue weighted by Gasteiger charge is -2.11. The van der Waals surface area contributed by atoms with Crippen molar-refractivity contribution in [2.45, 2.75) is 19.4 Å². The van der Waals surface area contributed by atoms with Crippen molar-refractivity contribution in [3.63, 3.8) is 0 Å². The molecule has 98 valence electrons. The second-order valence-corrected chi connectivity index (χ2v) is 4.27. The molecule has 0 aromatic heterocycles. The van der Waals surface area contributed by atoms with Crippen LogP contribution in [0.2, 0.25) is 5.02 Å². The monoisotopic (exact) mass is 271 g/mol. The van der Waals surface area contributed by atoms with E-state index >= 15 is 0 Å². The van der Waals surface area contributed by atoms with E-state index in [1.54, 1.807) is 25.1 Å². The third-order valence-electron chi connectivity index (χ3n) is 2.31. The van der Waals surface area contributed by atoms with Gasteiger partial charge in [-0.05, 0) is 18.6 Å². The number of carboxylic acids is 1. The Labute approximate surface area is 109 Å². The predicted molar refractivity (Wildman–Crippen MR) is 66.9 cm³/mol. The number of halogens is 1. The summed E-state index contributed by atoms with van der Waals surface area (Å²) in [5.41, 5.74) is 6.05. The van der Waals surface area contributed by atoms with E-state index in [1.165, 1.54) is 0 Å². The number of carbonyl (C=O) groups is 2. The van der Waals surface area contributed by atoms with Crippen LogP contribution in [0.25, 0.3) is 0 Å². The molecule has 0 heterocycles. The highest BCUT2D eigenvalue weighted by Gasteiger charge is 2.17. The van der Waals surface area contributed by atoms with Crippen molar-refractivity contribution in [3.8, 4) is 5.75 Å². The lowest BCUT2D eigenvalue weighted by molar-refractivity contribution is -0.140. The summed E-state index contributed by atoms with van der Waals surface area (Å²) in [6.07, 6.45) is -0.265. The number of hydrogen-bond acceptors (Lipinski definition) is 4. The number of para-hydroxylation sites is 1. The highest BCUT2D eigenvalue weighted by atomic mass is 35.5. The first-order chi connectivity index (χ1) is 8.41. The van der Waals surface area contributed by atoms with Crippen LogP contribution in [0.3, 0.4) is 0 Å². The summed E-state index contributed by atoms with van der Waals surface area (Å²) in [5.74, 6) is -1.17. The summed E-state index contributed by atoms with van der Waals surface area (Å²) in [7, 11) is 0. The molecule has 3 N–H and O–H groups in total. The Balaban J connectivity index is 2.55. The molecular formula is C12H14ClNO4. The zero-order chi connectivity index (χ0) is 13.7. The summed E-state index contributed by atoms with van der Waals surface area (Å²) < 4.78 is 5.28. The van der Waals surface area contributed by atoms with Crippen LogP contribution in [0.5, 0.6) is 5.75 Å². The maximum absolute atomic E-state index is 11.4. The number of rotatable bonds is 6. The Morgan fingerprint density at radius 3 is 2.72 bits per heavy atom. The number of ether oxygens (including phenoxy) is 1. The third-order valence-corrected chi connectivity index (χ3v) is 2.60. The van der Waals surface area contributed by atoms with Crippen molar-refractivity contribution in [2.24, 2.45) is 5.73 Å². The number of aryl methyl sites for hydroxylation is 1. The van der Waals surface area contributed by atoms with E-state index in [4.69, 9.17) is 27.2 Å². The van der Waals surface area contributed by atoms with Gasteiger partial charge in [-0.1, -0.05) is 23.7 Å². The zero-order valence-corrected chi connectivity index (χ0v) is 10.6. The van der Waals surface area contributed by atoms with Gasteiger partial charge in [-0.15, -0.1) is 0 Å². The number of carboxylic acid groups (broad SMARTS) is 1. The number of aliphatic carboxylic acids is 1. The van der Waals surface area contributed by atoms with Gasteiger partial charge in [0.05, 0.1) is 5.02 Å². The largest absolute Gasteiger partial charge is 0.484 e. The second-order valence-electron chi connectivity index (χ2n) is 3.86. The first-order valence-corrected chi connectivity index (χ1v) is 5.67. The summed E-state index contributed by atoms with van der Waals surface area (Å²) >= 11 is 5.91. The van der Waals surface area contributed by atoms with Gasteiger partial charge in [-0.3, -0.25) is 9.59 Å². The van der Waals surface area contributed by atoms with E-state index in [0.717, 1.165) is 5.56 Å². The van der Waals surface area contributed by atoms with Crippen LogP contribution >= 0.6 is 11.6 Å². The van der Waals surface area contributed by atoms with Gasteiger partial charge >= 0.3 is 5.97 Å². The van der Waals surface area contributed by atoms with Crippen molar-refractivity contribution >= 4 is 23.4 Å². The topological polar surface area (TPSA) is 89.6 Å². The summed E-state index contributed by atoms with van der Waals surface area (Å²) in [4.78, 5) is 21.9. The van der Waals surface area contributed by atoms with Gasteiger partial charge in [-0.25, -0.2) is 0 Å². The van der Waals surface area contributed by atoms with Crippen LogP contribution in [0.1, 0.15) is 12.0 Å². The van der Waals surface area contributed by atoms with Crippen LogP contribution in [-0.4, -0.2) is 29.5 Å². The van der Waals surface area contributed by atoms with E-state index in [1.807, 2.05) is 0 Å². The molecule has 1 unspecified atom stereocenters. The normalized spacial score (nSPS) is 11.9. The van der Waals surface area contributed by atoms with Crippen LogP contribution in [0, 0.1) is 6.92 Å². The molecule has 0 aliphatic rings. The highest BCUT2D eigenvalue weighted by Crippen LogP contribution is 2.27. The fourth-order valence-electron chi connectivity index (χ4n) is 1.34. The van der Waals surface area contributed by atoms with Crippen molar-refractivity contribution in [1.82, 2.24) is 0 Å². The minimum absolute atomic E-state index is 0.244. The molecule has 18 heavy (non-hydrogen) atoms. The molecule has 0 fully saturated rings. The minimum atomic E-state index is -1.21.